The maximum absolute atomic E-state index is 13.5. The van der Waals surface area contributed by atoms with Crippen molar-refractivity contribution < 1.29 is 23.0 Å². The van der Waals surface area contributed by atoms with E-state index >= 15 is 0 Å². The van der Waals surface area contributed by atoms with E-state index in [1.807, 2.05) is 0 Å². The van der Waals surface area contributed by atoms with E-state index in [4.69, 9.17) is 9.47 Å². The number of hydrogen-bond donors (Lipinski definition) is 1. The van der Waals surface area contributed by atoms with Crippen LogP contribution in [0.2, 0.25) is 0 Å². The molecule has 1 aromatic heterocycles. The first-order chi connectivity index (χ1) is 12.1. The second-order valence-corrected chi connectivity index (χ2v) is 5.50. The molecule has 8 heteroatoms. The number of hydrogen-bond acceptors (Lipinski definition) is 4. The third-order valence-corrected chi connectivity index (χ3v) is 3.69. The Bertz CT molecular complexity index is 750. The van der Waals surface area contributed by atoms with Crippen LogP contribution in [-0.2, 0) is 9.53 Å². The third-order valence-electron chi connectivity index (χ3n) is 3.69. The van der Waals surface area contributed by atoms with E-state index < -0.39 is 17.7 Å². The predicted molar refractivity (Wildman–Crippen MR) is 85.8 cm³/mol. The largest absolute Gasteiger partial charge is 0.488 e. The lowest BCUT2D eigenvalue weighted by atomic mass is 10.2. The zero-order valence-electron chi connectivity index (χ0n) is 13.3. The van der Waals surface area contributed by atoms with Crippen molar-refractivity contribution >= 4 is 12.0 Å². The van der Waals surface area contributed by atoms with Crippen molar-refractivity contribution in [3.05, 3.63) is 54.1 Å². The molecule has 0 radical (unpaired) electrons. The van der Waals surface area contributed by atoms with Crippen LogP contribution < -0.4 is 4.74 Å². The molecule has 1 aromatic carbocycles. The van der Waals surface area contributed by atoms with Gasteiger partial charge in [0.25, 0.3) is 0 Å². The van der Waals surface area contributed by atoms with Crippen LogP contribution >= 0.6 is 0 Å². The molecule has 2 heterocycles. The molecule has 1 atom stereocenters. The van der Waals surface area contributed by atoms with Crippen molar-refractivity contribution in [2.24, 2.45) is 0 Å². The van der Waals surface area contributed by atoms with Gasteiger partial charge in [0.15, 0.2) is 11.6 Å². The molecule has 1 amide bonds. The molecular formula is C17H17F2N3O3. The van der Waals surface area contributed by atoms with Gasteiger partial charge in [-0.15, -0.1) is 0 Å². The Morgan fingerprint density at radius 3 is 3.16 bits per heavy atom. The first-order valence-corrected chi connectivity index (χ1v) is 7.76. The molecule has 0 bridgehead atoms. The number of ether oxygens (including phenoxy) is 2. The topological polar surface area (TPSA) is 67.5 Å². The van der Waals surface area contributed by atoms with Crippen LogP contribution in [0, 0.1) is 11.6 Å². The average molecular weight is 349 g/mol. The molecule has 1 fully saturated rings. The molecule has 1 N–H and O–H groups in total. The molecule has 3 rings (SSSR count). The number of morpholine rings is 1. The summed E-state index contributed by atoms with van der Waals surface area (Å²) in [5, 5.41) is 0. The zero-order valence-corrected chi connectivity index (χ0v) is 13.3. The van der Waals surface area contributed by atoms with Crippen molar-refractivity contribution in [2.45, 2.75) is 6.10 Å². The summed E-state index contributed by atoms with van der Waals surface area (Å²) in [7, 11) is 0. The van der Waals surface area contributed by atoms with Gasteiger partial charge in [0, 0.05) is 18.7 Å². The summed E-state index contributed by atoms with van der Waals surface area (Å²) >= 11 is 0. The Morgan fingerprint density at radius 2 is 2.36 bits per heavy atom. The predicted octanol–water partition coefficient (Wildman–Crippen LogP) is 2.01. The number of nitrogens with zero attached hydrogens (tertiary/aromatic N) is 2. The van der Waals surface area contributed by atoms with Gasteiger partial charge in [-0.2, -0.15) is 0 Å². The Labute approximate surface area is 143 Å². The van der Waals surface area contributed by atoms with E-state index in [2.05, 4.69) is 9.97 Å². The van der Waals surface area contributed by atoms with E-state index in [0.717, 1.165) is 23.9 Å². The maximum atomic E-state index is 13.5. The quantitative estimate of drug-likeness (QED) is 0.839. The lowest BCUT2D eigenvalue weighted by molar-refractivity contribution is -0.134. The minimum Gasteiger partial charge on any atom is -0.488 e. The molecule has 0 aliphatic carbocycles. The van der Waals surface area contributed by atoms with E-state index in [1.165, 1.54) is 12.4 Å². The number of aromatic amines is 1. The SMILES string of the molecule is O=C(C=Cc1cnc[nH]1)N1CCOC(COc2cc(F)ccc2F)C1. The van der Waals surface area contributed by atoms with Crippen LogP contribution in [0.3, 0.4) is 0 Å². The number of aromatic nitrogens is 2. The van der Waals surface area contributed by atoms with Crippen molar-refractivity contribution in [2.75, 3.05) is 26.3 Å². The van der Waals surface area contributed by atoms with Crippen LogP contribution in [0.15, 0.2) is 36.8 Å². The van der Waals surface area contributed by atoms with Crippen molar-refractivity contribution in [3.63, 3.8) is 0 Å². The monoisotopic (exact) mass is 349 g/mol. The van der Waals surface area contributed by atoms with E-state index in [1.54, 1.807) is 17.2 Å². The molecule has 6 nitrogen and oxygen atoms in total. The lowest BCUT2D eigenvalue weighted by Gasteiger charge is -2.32. The highest BCUT2D eigenvalue weighted by molar-refractivity contribution is 5.91. The Hall–Kier alpha value is -2.74. The third kappa shape index (κ3) is 4.63. The molecule has 1 unspecified atom stereocenters. The van der Waals surface area contributed by atoms with Gasteiger partial charge < -0.3 is 19.4 Å². The zero-order chi connectivity index (χ0) is 17.6. The van der Waals surface area contributed by atoms with Gasteiger partial charge >= 0.3 is 0 Å². The van der Waals surface area contributed by atoms with Gasteiger partial charge in [-0.05, 0) is 18.2 Å². The number of nitrogens with one attached hydrogen (secondary N) is 1. The van der Waals surface area contributed by atoms with E-state index in [-0.39, 0.29) is 18.3 Å². The fourth-order valence-electron chi connectivity index (χ4n) is 2.42. The number of H-pyrrole nitrogens is 1. The minimum atomic E-state index is -0.646. The average Bonchev–Trinajstić information content (AvgIpc) is 3.14. The van der Waals surface area contributed by atoms with Gasteiger partial charge in [0.05, 0.1) is 31.4 Å². The maximum Gasteiger partial charge on any atom is 0.246 e. The number of rotatable bonds is 5. The summed E-state index contributed by atoms with van der Waals surface area (Å²) in [6.07, 6.45) is 5.80. The summed E-state index contributed by atoms with van der Waals surface area (Å²) in [6, 6.07) is 3.00. The number of carbonyl (C=O) groups excluding carboxylic acids is 1. The van der Waals surface area contributed by atoms with Gasteiger partial charge in [-0.1, -0.05) is 0 Å². The summed E-state index contributed by atoms with van der Waals surface area (Å²) in [4.78, 5) is 20.6. The number of amides is 1. The van der Waals surface area contributed by atoms with Crippen LogP contribution in [0.4, 0.5) is 8.78 Å². The standard InChI is InChI=1S/C17H17F2N3O3/c18-12-1-3-15(19)16(7-12)25-10-14-9-22(5-6-24-14)17(23)4-2-13-8-20-11-21-13/h1-4,7-8,11,14H,5-6,9-10H2,(H,20,21). The molecule has 2 aromatic rings. The first-order valence-electron chi connectivity index (χ1n) is 7.76. The van der Waals surface area contributed by atoms with E-state index in [0.29, 0.717) is 19.7 Å². The molecule has 0 spiro atoms. The van der Waals surface area contributed by atoms with Crippen molar-refractivity contribution in [3.8, 4) is 5.75 Å². The lowest BCUT2D eigenvalue weighted by Crippen LogP contribution is -2.47. The Morgan fingerprint density at radius 1 is 1.48 bits per heavy atom. The molecule has 25 heavy (non-hydrogen) atoms. The van der Waals surface area contributed by atoms with Gasteiger partial charge in [-0.3, -0.25) is 4.79 Å². The highest BCUT2D eigenvalue weighted by atomic mass is 19.1. The highest BCUT2D eigenvalue weighted by Crippen LogP contribution is 2.19. The first kappa shape index (κ1) is 17.1. The molecule has 1 aliphatic heterocycles. The van der Waals surface area contributed by atoms with Gasteiger partial charge in [-0.25, -0.2) is 13.8 Å². The number of carbonyl (C=O) groups is 1. The molecule has 1 aliphatic rings. The van der Waals surface area contributed by atoms with E-state index in [9.17, 15) is 13.6 Å². The number of benzene rings is 1. The number of imidazole rings is 1. The summed E-state index contributed by atoms with van der Waals surface area (Å²) in [6.45, 7) is 1.14. The molecule has 0 saturated carbocycles. The van der Waals surface area contributed by atoms with Crippen LogP contribution in [-0.4, -0.2) is 53.2 Å². The Kier molecular flexibility index (Phi) is 5.39. The fourth-order valence-corrected chi connectivity index (χ4v) is 2.42. The summed E-state index contributed by atoms with van der Waals surface area (Å²) in [5.41, 5.74) is 0.725. The second-order valence-electron chi connectivity index (χ2n) is 5.50. The van der Waals surface area contributed by atoms with Crippen LogP contribution in [0.5, 0.6) is 5.75 Å². The fraction of sp³-hybridized carbons (Fsp3) is 0.294. The summed E-state index contributed by atoms with van der Waals surface area (Å²) in [5.74, 6) is -1.57. The highest BCUT2D eigenvalue weighted by Gasteiger charge is 2.24. The summed E-state index contributed by atoms with van der Waals surface area (Å²) < 4.78 is 37.5. The number of halogens is 2. The van der Waals surface area contributed by atoms with Crippen LogP contribution in [0.25, 0.3) is 6.08 Å². The van der Waals surface area contributed by atoms with Gasteiger partial charge in [0.1, 0.15) is 18.5 Å². The Balaban J connectivity index is 1.54. The van der Waals surface area contributed by atoms with Crippen LogP contribution in [0.1, 0.15) is 5.69 Å². The minimum absolute atomic E-state index is 0.0222. The smallest absolute Gasteiger partial charge is 0.246 e. The van der Waals surface area contributed by atoms with Gasteiger partial charge in [0.2, 0.25) is 5.91 Å². The molecular weight excluding hydrogens is 332 g/mol. The van der Waals surface area contributed by atoms with Crippen molar-refractivity contribution in [1.29, 1.82) is 0 Å². The molecule has 132 valence electrons. The molecule has 1 saturated heterocycles. The second kappa shape index (κ2) is 7.89. The normalized spacial score (nSPS) is 17.8. The van der Waals surface area contributed by atoms with Crippen molar-refractivity contribution in [1.82, 2.24) is 14.9 Å².